The molecule has 15 heavy (non-hydrogen) atoms. The van der Waals surface area contributed by atoms with Gasteiger partial charge in [0.15, 0.2) is 5.76 Å². The molecule has 0 amide bonds. The third kappa shape index (κ3) is 2.81. The third-order valence-corrected chi connectivity index (χ3v) is 1.80. The first-order valence-electron chi connectivity index (χ1n) is 4.46. The zero-order chi connectivity index (χ0) is 9.80. The summed E-state index contributed by atoms with van der Waals surface area (Å²) in [5.41, 5.74) is 5.37. The molecule has 0 unspecified atom stereocenters. The third-order valence-electron chi connectivity index (χ3n) is 1.80. The van der Waals surface area contributed by atoms with Crippen LogP contribution in [-0.2, 0) is 6.42 Å². The topological polar surface area (TPSA) is 78.1 Å². The van der Waals surface area contributed by atoms with Crippen molar-refractivity contribution < 1.29 is 8.94 Å². The van der Waals surface area contributed by atoms with Crippen molar-refractivity contribution in [1.82, 2.24) is 10.1 Å². The van der Waals surface area contributed by atoms with Crippen molar-refractivity contribution in [2.45, 2.75) is 12.8 Å². The molecule has 0 aliphatic carbocycles. The van der Waals surface area contributed by atoms with Gasteiger partial charge in [-0.25, -0.2) is 0 Å². The molecule has 2 aromatic heterocycles. The highest BCUT2D eigenvalue weighted by molar-refractivity contribution is 5.85. The number of rotatable bonds is 4. The van der Waals surface area contributed by atoms with Gasteiger partial charge in [0.1, 0.15) is 0 Å². The zero-order valence-electron chi connectivity index (χ0n) is 8.05. The molecule has 0 saturated carbocycles. The van der Waals surface area contributed by atoms with Crippen LogP contribution in [0.1, 0.15) is 12.3 Å². The highest BCUT2D eigenvalue weighted by Crippen LogP contribution is 2.15. The molecule has 0 atom stereocenters. The lowest BCUT2D eigenvalue weighted by atomic mass is 10.3. The van der Waals surface area contributed by atoms with E-state index in [-0.39, 0.29) is 12.4 Å². The average Bonchev–Trinajstić information content (AvgIpc) is 2.85. The van der Waals surface area contributed by atoms with Gasteiger partial charge in [-0.2, -0.15) is 4.98 Å². The summed E-state index contributed by atoms with van der Waals surface area (Å²) in [5.74, 6) is 1.71. The van der Waals surface area contributed by atoms with E-state index < -0.39 is 0 Å². The maximum Gasteiger partial charge on any atom is 0.238 e. The largest absolute Gasteiger partial charge is 0.461 e. The molecule has 6 heteroatoms. The minimum absolute atomic E-state index is 0. The van der Waals surface area contributed by atoms with Gasteiger partial charge in [-0.3, -0.25) is 0 Å². The molecule has 2 rings (SSSR count). The summed E-state index contributed by atoms with van der Waals surface area (Å²) >= 11 is 0. The van der Waals surface area contributed by atoms with E-state index in [1.807, 2.05) is 0 Å². The van der Waals surface area contributed by atoms with E-state index >= 15 is 0 Å². The molecule has 0 aliphatic heterocycles. The number of nitrogens with two attached hydrogens (primary N) is 1. The Morgan fingerprint density at radius 2 is 2.27 bits per heavy atom. The van der Waals surface area contributed by atoms with Gasteiger partial charge in [0.2, 0.25) is 11.7 Å². The minimum Gasteiger partial charge on any atom is -0.461 e. The lowest BCUT2D eigenvalue weighted by Crippen LogP contribution is -2.00. The highest BCUT2D eigenvalue weighted by atomic mass is 35.5. The molecule has 0 aromatic carbocycles. The van der Waals surface area contributed by atoms with Crippen LogP contribution in [0, 0.1) is 0 Å². The second-order valence-corrected chi connectivity index (χ2v) is 2.88. The molecule has 0 aliphatic rings. The summed E-state index contributed by atoms with van der Waals surface area (Å²) in [6.45, 7) is 0.623. The van der Waals surface area contributed by atoms with Crippen LogP contribution in [0.15, 0.2) is 27.3 Å². The van der Waals surface area contributed by atoms with Crippen LogP contribution in [0.4, 0.5) is 0 Å². The fourth-order valence-corrected chi connectivity index (χ4v) is 1.12. The first kappa shape index (κ1) is 11.7. The quantitative estimate of drug-likeness (QED) is 0.862. The predicted octanol–water partition coefficient (Wildman–Crippen LogP) is 1.64. The van der Waals surface area contributed by atoms with Crippen LogP contribution in [0.5, 0.6) is 0 Å². The van der Waals surface area contributed by atoms with Crippen molar-refractivity contribution >= 4 is 12.4 Å². The smallest absolute Gasteiger partial charge is 0.238 e. The van der Waals surface area contributed by atoms with Crippen molar-refractivity contribution in [2.75, 3.05) is 6.54 Å². The molecule has 0 saturated heterocycles. The summed E-state index contributed by atoms with van der Waals surface area (Å²) < 4.78 is 10.1. The van der Waals surface area contributed by atoms with E-state index in [0.717, 1.165) is 6.42 Å². The average molecular weight is 230 g/mol. The van der Waals surface area contributed by atoms with E-state index in [0.29, 0.717) is 30.4 Å². The van der Waals surface area contributed by atoms with Crippen molar-refractivity contribution in [2.24, 2.45) is 5.73 Å². The van der Waals surface area contributed by atoms with Gasteiger partial charge in [0.25, 0.3) is 0 Å². The maximum atomic E-state index is 5.37. The molecule has 82 valence electrons. The normalized spacial score (nSPS) is 9.93. The van der Waals surface area contributed by atoms with E-state index in [2.05, 4.69) is 10.1 Å². The fourth-order valence-electron chi connectivity index (χ4n) is 1.12. The van der Waals surface area contributed by atoms with E-state index in [1.54, 1.807) is 18.4 Å². The Morgan fingerprint density at radius 1 is 1.40 bits per heavy atom. The summed E-state index contributed by atoms with van der Waals surface area (Å²) in [5, 5.41) is 3.79. The minimum atomic E-state index is 0. The monoisotopic (exact) mass is 229 g/mol. The van der Waals surface area contributed by atoms with Crippen molar-refractivity contribution in [3.05, 3.63) is 24.3 Å². The number of hydrogen-bond acceptors (Lipinski definition) is 5. The van der Waals surface area contributed by atoms with Crippen molar-refractivity contribution in [1.29, 1.82) is 0 Å². The molecule has 0 radical (unpaired) electrons. The molecular weight excluding hydrogens is 218 g/mol. The Balaban J connectivity index is 0.00000112. The molecular formula is C9H12ClN3O2. The SMILES string of the molecule is Cl.NCCCc1nc(-c2ccco2)no1. The van der Waals surface area contributed by atoms with Crippen LogP contribution in [0.25, 0.3) is 11.6 Å². The number of halogens is 1. The zero-order valence-corrected chi connectivity index (χ0v) is 8.87. The molecule has 2 aromatic rings. The van der Waals surface area contributed by atoms with Gasteiger partial charge in [-0.05, 0) is 25.1 Å². The van der Waals surface area contributed by atoms with Gasteiger partial charge in [-0.1, -0.05) is 5.16 Å². The molecule has 2 heterocycles. The van der Waals surface area contributed by atoms with Crippen LogP contribution < -0.4 is 5.73 Å². The summed E-state index contributed by atoms with van der Waals surface area (Å²) in [7, 11) is 0. The first-order chi connectivity index (χ1) is 6.90. The van der Waals surface area contributed by atoms with Crippen molar-refractivity contribution in [3.8, 4) is 11.6 Å². The maximum absolute atomic E-state index is 5.37. The predicted molar refractivity (Wildman–Crippen MR) is 56.6 cm³/mol. The van der Waals surface area contributed by atoms with Crippen LogP contribution in [0.2, 0.25) is 0 Å². The van der Waals surface area contributed by atoms with Gasteiger partial charge in [-0.15, -0.1) is 12.4 Å². The second kappa shape index (κ2) is 5.53. The van der Waals surface area contributed by atoms with E-state index in [4.69, 9.17) is 14.7 Å². The van der Waals surface area contributed by atoms with E-state index in [9.17, 15) is 0 Å². The Hall–Kier alpha value is -1.33. The molecule has 2 N–H and O–H groups in total. The highest BCUT2D eigenvalue weighted by Gasteiger charge is 2.09. The Kier molecular flexibility index (Phi) is 4.33. The van der Waals surface area contributed by atoms with Crippen LogP contribution >= 0.6 is 12.4 Å². The molecule has 0 bridgehead atoms. The Bertz CT molecular complexity index is 386. The number of furan rings is 1. The van der Waals surface area contributed by atoms with E-state index in [1.165, 1.54) is 0 Å². The lowest BCUT2D eigenvalue weighted by Gasteiger charge is -1.88. The fraction of sp³-hybridized carbons (Fsp3) is 0.333. The summed E-state index contributed by atoms with van der Waals surface area (Å²) in [6, 6.07) is 3.57. The lowest BCUT2D eigenvalue weighted by molar-refractivity contribution is 0.375. The van der Waals surface area contributed by atoms with Gasteiger partial charge < -0.3 is 14.7 Å². The van der Waals surface area contributed by atoms with Crippen LogP contribution in [-0.4, -0.2) is 16.7 Å². The van der Waals surface area contributed by atoms with Gasteiger partial charge in [0, 0.05) is 6.42 Å². The number of aryl methyl sites for hydroxylation is 1. The Labute approximate surface area is 93.1 Å². The first-order valence-corrected chi connectivity index (χ1v) is 4.46. The van der Waals surface area contributed by atoms with Crippen molar-refractivity contribution in [3.63, 3.8) is 0 Å². The number of aromatic nitrogens is 2. The Morgan fingerprint density at radius 3 is 2.93 bits per heavy atom. The van der Waals surface area contributed by atoms with Gasteiger partial charge in [0.05, 0.1) is 6.26 Å². The molecule has 0 spiro atoms. The standard InChI is InChI=1S/C9H11N3O2.ClH/c10-5-1-4-8-11-9(12-14-8)7-3-2-6-13-7;/h2-3,6H,1,4-5,10H2;1H. The number of hydrogen-bond donors (Lipinski definition) is 1. The van der Waals surface area contributed by atoms with Crippen LogP contribution in [0.3, 0.4) is 0 Å². The molecule has 0 fully saturated rings. The summed E-state index contributed by atoms with van der Waals surface area (Å²) in [6.07, 6.45) is 3.13. The summed E-state index contributed by atoms with van der Waals surface area (Å²) in [4.78, 5) is 4.16. The molecule has 5 nitrogen and oxygen atoms in total. The van der Waals surface area contributed by atoms with Gasteiger partial charge >= 0.3 is 0 Å². The second-order valence-electron chi connectivity index (χ2n) is 2.88. The number of nitrogens with zero attached hydrogens (tertiary/aromatic N) is 2.